The van der Waals surface area contributed by atoms with Crippen LogP contribution in [0.2, 0.25) is 0 Å². The maximum atomic E-state index is 11.8. The summed E-state index contributed by atoms with van der Waals surface area (Å²) in [4.78, 5) is 13.6. The molecule has 1 N–H and O–H groups in total. The van der Waals surface area contributed by atoms with E-state index in [1.165, 1.54) is 0 Å². The van der Waals surface area contributed by atoms with E-state index >= 15 is 0 Å². The Bertz CT molecular complexity index is 388. The van der Waals surface area contributed by atoms with Crippen LogP contribution in [0.15, 0.2) is 6.20 Å². The molecular formula is C13H24N4O2. The van der Waals surface area contributed by atoms with E-state index in [0.717, 1.165) is 19.5 Å². The van der Waals surface area contributed by atoms with Crippen LogP contribution < -0.4 is 0 Å². The minimum absolute atomic E-state index is 0.180. The Balaban J connectivity index is 2.37. The second-order valence-corrected chi connectivity index (χ2v) is 4.50. The Morgan fingerprint density at radius 3 is 2.68 bits per heavy atom. The molecule has 0 saturated carbocycles. The van der Waals surface area contributed by atoms with E-state index in [4.69, 9.17) is 0 Å². The van der Waals surface area contributed by atoms with Crippen molar-refractivity contribution in [3.05, 3.63) is 11.9 Å². The van der Waals surface area contributed by atoms with Crippen molar-refractivity contribution in [2.45, 2.75) is 52.7 Å². The smallest absolute Gasteiger partial charge is 0.222 e. The highest BCUT2D eigenvalue weighted by atomic mass is 16.3. The fourth-order valence-corrected chi connectivity index (χ4v) is 1.91. The summed E-state index contributed by atoms with van der Waals surface area (Å²) in [6, 6.07) is 0. The highest BCUT2D eigenvalue weighted by molar-refractivity contribution is 5.75. The number of aliphatic hydroxyl groups excluding tert-OH is 1. The number of nitrogens with zero attached hydrogens (tertiary/aromatic N) is 4. The first-order valence-corrected chi connectivity index (χ1v) is 6.98. The molecule has 1 atom stereocenters. The molecule has 6 heteroatoms. The normalized spacial score (nSPS) is 12.4. The van der Waals surface area contributed by atoms with E-state index in [1.54, 1.807) is 10.9 Å². The van der Waals surface area contributed by atoms with Crippen molar-refractivity contribution in [3.8, 4) is 0 Å². The molecule has 1 aromatic rings. The molecule has 0 radical (unpaired) electrons. The van der Waals surface area contributed by atoms with Crippen LogP contribution in [-0.2, 0) is 11.3 Å². The van der Waals surface area contributed by atoms with E-state index in [9.17, 15) is 9.90 Å². The summed E-state index contributed by atoms with van der Waals surface area (Å²) in [5.74, 6) is 0.180. The number of aromatic nitrogens is 3. The zero-order valence-electron chi connectivity index (χ0n) is 12.0. The van der Waals surface area contributed by atoms with Crippen molar-refractivity contribution >= 4 is 5.91 Å². The van der Waals surface area contributed by atoms with Gasteiger partial charge in [0.1, 0.15) is 5.69 Å². The Kier molecular flexibility index (Phi) is 6.49. The molecule has 0 fully saturated rings. The lowest BCUT2D eigenvalue weighted by molar-refractivity contribution is -0.130. The number of carbonyl (C=O) groups excluding carboxylic acids is 1. The van der Waals surface area contributed by atoms with Gasteiger partial charge in [0.05, 0.1) is 12.3 Å². The van der Waals surface area contributed by atoms with Gasteiger partial charge in [0.2, 0.25) is 5.91 Å². The molecule has 0 bridgehead atoms. The summed E-state index contributed by atoms with van der Waals surface area (Å²) in [5.41, 5.74) is 0.595. The fourth-order valence-electron chi connectivity index (χ4n) is 1.91. The Hall–Kier alpha value is -1.43. The first-order chi connectivity index (χ1) is 9.12. The molecule has 0 aliphatic carbocycles. The molecule has 1 aromatic heterocycles. The van der Waals surface area contributed by atoms with Gasteiger partial charge in [-0.05, 0) is 26.7 Å². The maximum Gasteiger partial charge on any atom is 0.222 e. The molecule has 0 saturated heterocycles. The largest absolute Gasteiger partial charge is 0.387 e. The van der Waals surface area contributed by atoms with Crippen molar-refractivity contribution in [1.82, 2.24) is 19.9 Å². The van der Waals surface area contributed by atoms with Gasteiger partial charge in [0.15, 0.2) is 0 Å². The number of hydrogen-bond donors (Lipinski definition) is 1. The molecule has 6 nitrogen and oxygen atoms in total. The van der Waals surface area contributed by atoms with Crippen LogP contribution in [-0.4, -0.2) is 44.0 Å². The lowest BCUT2D eigenvalue weighted by Crippen LogP contribution is -2.30. The van der Waals surface area contributed by atoms with Crippen LogP contribution in [0.5, 0.6) is 0 Å². The topological polar surface area (TPSA) is 71.2 Å². The van der Waals surface area contributed by atoms with E-state index in [2.05, 4.69) is 10.3 Å². The summed E-state index contributed by atoms with van der Waals surface area (Å²) < 4.78 is 1.68. The van der Waals surface area contributed by atoms with Gasteiger partial charge in [-0.3, -0.25) is 9.48 Å². The number of hydrogen-bond acceptors (Lipinski definition) is 4. The minimum atomic E-state index is -0.550. The molecule has 19 heavy (non-hydrogen) atoms. The fraction of sp³-hybridized carbons (Fsp3) is 0.769. The van der Waals surface area contributed by atoms with Gasteiger partial charge in [-0.2, -0.15) is 0 Å². The Labute approximate surface area is 114 Å². The van der Waals surface area contributed by atoms with Crippen LogP contribution in [0, 0.1) is 0 Å². The van der Waals surface area contributed by atoms with Gasteiger partial charge in [-0.25, -0.2) is 0 Å². The third-order valence-electron chi connectivity index (χ3n) is 3.18. The molecule has 0 aromatic carbocycles. The predicted octanol–water partition coefficient (Wildman–Crippen LogP) is 1.37. The zero-order chi connectivity index (χ0) is 14.3. The number of amides is 1. The molecular weight excluding hydrogens is 244 g/mol. The maximum absolute atomic E-state index is 11.8. The third kappa shape index (κ3) is 4.63. The monoisotopic (exact) mass is 268 g/mol. The summed E-state index contributed by atoms with van der Waals surface area (Å²) in [6.45, 7) is 8.02. The van der Waals surface area contributed by atoms with Gasteiger partial charge < -0.3 is 10.0 Å². The van der Waals surface area contributed by atoms with Crippen molar-refractivity contribution < 1.29 is 9.90 Å². The number of aliphatic hydroxyl groups is 1. The van der Waals surface area contributed by atoms with Gasteiger partial charge >= 0.3 is 0 Å². The number of carbonyl (C=O) groups is 1. The molecule has 1 amide bonds. The van der Waals surface area contributed by atoms with E-state index in [0.29, 0.717) is 25.1 Å². The summed E-state index contributed by atoms with van der Waals surface area (Å²) in [7, 11) is 0. The Morgan fingerprint density at radius 1 is 1.42 bits per heavy atom. The van der Waals surface area contributed by atoms with Gasteiger partial charge in [-0.1, -0.05) is 12.1 Å². The molecule has 0 aliphatic heterocycles. The predicted molar refractivity (Wildman–Crippen MR) is 72.4 cm³/mol. The van der Waals surface area contributed by atoms with Crippen molar-refractivity contribution in [2.24, 2.45) is 0 Å². The van der Waals surface area contributed by atoms with Crippen molar-refractivity contribution in [1.29, 1.82) is 0 Å². The molecule has 1 heterocycles. The first kappa shape index (κ1) is 15.6. The highest BCUT2D eigenvalue weighted by Crippen LogP contribution is 2.12. The van der Waals surface area contributed by atoms with E-state index < -0.39 is 6.10 Å². The lowest BCUT2D eigenvalue weighted by Gasteiger charge is -2.18. The number of aryl methyl sites for hydroxylation is 1. The van der Waals surface area contributed by atoms with Crippen LogP contribution in [0.4, 0.5) is 0 Å². The zero-order valence-corrected chi connectivity index (χ0v) is 12.0. The van der Waals surface area contributed by atoms with Crippen molar-refractivity contribution in [2.75, 3.05) is 13.1 Å². The summed E-state index contributed by atoms with van der Waals surface area (Å²) >= 11 is 0. The summed E-state index contributed by atoms with van der Waals surface area (Å²) in [6.07, 6.45) is 3.08. The van der Waals surface area contributed by atoms with E-state index in [1.807, 2.05) is 25.7 Å². The third-order valence-corrected chi connectivity index (χ3v) is 3.18. The molecule has 1 unspecified atom stereocenters. The highest BCUT2D eigenvalue weighted by Gasteiger charge is 2.11. The average Bonchev–Trinajstić information content (AvgIpc) is 2.88. The van der Waals surface area contributed by atoms with E-state index in [-0.39, 0.29) is 5.91 Å². The minimum Gasteiger partial charge on any atom is -0.387 e. The summed E-state index contributed by atoms with van der Waals surface area (Å²) in [5, 5.41) is 17.5. The molecule has 0 aliphatic rings. The molecule has 108 valence electrons. The molecule has 1 rings (SSSR count). The quantitative estimate of drug-likeness (QED) is 0.773. The second-order valence-electron chi connectivity index (χ2n) is 4.50. The van der Waals surface area contributed by atoms with Gasteiger partial charge in [-0.15, -0.1) is 5.10 Å². The van der Waals surface area contributed by atoms with Gasteiger partial charge in [0, 0.05) is 26.1 Å². The van der Waals surface area contributed by atoms with Crippen LogP contribution >= 0.6 is 0 Å². The van der Waals surface area contributed by atoms with Crippen LogP contribution in [0.1, 0.15) is 51.8 Å². The standard InChI is InChI=1S/C13H24N4O2/c1-4-12(18)11-10-17(15-14-11)9-7-8-13(19)16(5-2)6-3/h10,12,18H,4-9H2,1-3H3. The number of rotatable bonds is 8. The van der Waals surface area contributed by atoms with Crippen molar-refractivity contribution in [3.63, 3.8) is 0 Å². The lowest BCUT2D eigenvalue weighted by atomic mass is 10.2. The second kappa shape index (κ2) is 7.89. The van der Waals surface area contributed by atoms with Crippen LogP contribution in [0.3, 0.4) is 0 Å². The first-order valence-electron chi connectivity index (χ1n) is 6.98. The van der Waals surface area contributed by atoms with Gasteiger partial charge in [0.25, 0.3) is 0 Å². The molecule has 0 spiro atoms. The SMILES string of the molecule is CCC(O)c1cn(CCCC(=O)N(CC)CC)nn1. The Morgan fingerprint density at radius 2 is 2.11 bits per heavy atom. The average molecular weight is 268 g/mol. The van der Waals surface area contributed by atoms with Crippen LogP contribution in [0.25, 0.3) is 0 Å².